The number of nitro benzene ring substituents is 1. The second kappa shape index (κ2) is 7.17. The van der Waals surface area contributed by atoms with Crippen LogP contribution in [-0.4, -0.2) is 22.9 Å². The molecule has 0 heterocycles. The number of carbonyl (C=O) groups excluding carboxylic acids is 2. The highest BCUT2D eigenvalue weighted by Gasteiger charge is 2.20. The molecule has 0 saturated carbocycles. The Labute approximate surface area is 132 Å². The number of nitrogens with zero attached hydrogens (tertiary/aromatic N) is 1. The van der Waals surface area contributed by atoms with Crippen molar-refractivity contribution in [2.45, 2.75) is 13.0 Å². The standard InChI is InChI=1S/C16H14N2O5/c1-11(15(19)17-13-7-3-2-4-8-13)23-16(20)12-6-5-9-14(10-12)18(21)22/h2-11H,1H3,(H,17,19). The lowest BCUT2D eigenvalue weighted by molar-refractivity contribution is -0.384. The van der Waals surface area contributed by atoms with Crippen LogP contribution in [0.15, 0.2) is 54.6 Å². The number of esters is 1. The summed E-state index contributed by atoms with van der Waals surface area (Å²) in [5.41, 5.74) is 0.371. The summed E-state index contributed by atoms with van der Waals surface area (Å²) in [6.45, 7) is 1.42. The lowest BCUT2D eigenvalue weighted by Gasteiger charge is -2.13. The second-order valence-corrected chi connectivity index (χ2v) is 4.71. The van der Waals surface area contributed by atoms with Crippen molar-refractivity contribution in [2.24, 2.45) is 0 Å². The average Bonchev–Trinajstić information content (AvgIpc) is 2.55. The molecule has 7 nitrogen and oxygen atoms in total. The van der Waals surface area contributed by atoms with Gasteiger partial charge in [-0.1, -0.05) is 24.3 Å². The number of non-ortho nitro benzene ring substituents is 1. The minimum absolute atomic E-state index is 0.0126. The topological polar surface area (TPSA) is 98.5 Å². The zero-order valence-electron chi connectivity index (χ0n) is 12.3. The third kappa shape index (κ3) is 4.37. The van der Waals surface area contributed by atoms with Gasteiger partial charge in [0.05, 0.1) is 10.5 Å². The molecule has 0 saturated heterocycles. The monoisotopic (exact) mass is 314 g/mol. The molecule has 0 aliphatic heterocycles. The molecular weight excluding hydrogens is 300 g/mol. The molecule has 23 heavy (non-hydrogen) atoms. The Morgan fingerprint density at radius 3 is 2.48 bits per heavy atom. The van der Waals surface area contributed by atoms with Crippen LogP contribution in [0.3, 0.4) is 0 Å². The SMILES string of the molecule is CC(OC(=O)c1cccc([N+](=O)[O-])c1)C(=O)Nc1ccccc1. The van der Waals surface area contributed by atoms with E-state index in [9.17, 15) is 19.7 Å². The quantitative estimate of drug-likeness (QED) is 0.520. The number of carbonyl (C=O) groups is 2. The van der Waals surface area contributed by atoms with Gasteiger partial charge < -0.3 is 10.1 Å². The van der Waals surface area contributed by atoms with Crippen molar-refractivity contribution >= 4 is 23.3 Å². The molecule has 2 aromatic carbocycles. The Kier molecular flexibility index (Phi) is 5.03. The van der Waals surface area contributed by atoms with Crippen LogP contribution in [-0.2, 0) is 9.53 Å². The predicted molar refractivity (Wildman–Crippen MR) is 83.0 cm³/mol. The maximum absolute atomic E-state index is 12.0. The Hall–Kier alpha value is -3.22. The highest BCUT2D eigenvalue weighted by molar-refractivity contribution is 5.97. The van der Waals surface area contributed by atoms with Crippen molar-refractivity contribution in [2.75, 3.05) is 5.32 Å². The van der Waals surface area contributed by atoms with Gasteiger partial charge in [0.2, 0.25) is 0 Å². The van der Waals surface area contributed by atoms with Crippen LogP contribution in [0, 0.1) is 10.1 Å². The molecule has 2 aromatic rings. The van der Waals surface area contributed by atoms with E-state index in [1.807, 2.05) is 0 Å². The van der Waals surface area contributed by atoms with E-state index in [0.29, 0.717) is 5.69 Å². The fourth-order valence-electron chi connectivity index (χ4n) is 1.79. The number of nitrogens with one attached hydrogen (secondary N) is 1. The Morgan fingerprint density at radius 2 is 1.83 bits per heavy atom. The van der Waals surface area contributed by atoms with Gasteiger partial charge in [-0.05, 0) is 25.1 Å². The van der Waals surface area contributed by atoms with Crippen LogP contribution in [0.25, 0.3) is 0 Å². The fraction of sp³-hybridized carbons (Fsp3) is 0.125. The predicted octanol–water partition coefficient (Wildman–Crippen LogP) is 2.78. The first-order valence-corrected chi connectivity index (χ1v) is 6.78. The molecular formula is C16H14N2O5. The van der Waals surface area contributed by atoms with Gasteiger partial charge in [-0.3, -0.25) is 14.9 Å². The minimum Gasteiger partial charge on any atom is -0.449 e. The van der Waals surface area contributed by atoms with Crippen molar-refractivity contribution in [3.63, 3.8) is 0 Å². The van der Waals surface area contributed by atoms with Crippen molar-refractivity contribution in [3.05, 3.63) is 70.3 Å². The van der Waals surface area contributed by atoms with E-state index in [2.05, 4.69) is 5.32 Å². The number of benzene rings is 2. The summed E-state index contributed by atoms with van der Waals surface area (Å²) in [7, 11) is 0. The first-order chi connectivity index (χ1) is 11.0. The molecule has 0 aromatic heterocycles. The number of anilines is 1. The van der Waals surface area contributed by atoms with Gasteiger partial charge in [-0.15, -0.1) is 0 Å². The van der Waals surface area contributed by atoms with Crippen LogP contribution in [0.1, 0.15) is 17.3 Å². The van der Waals surface area contributed by atoms with Crippen LogP contribution < -0.4 is 5.32 Å². The third-order valence-electron chi connectivity index (χ3n) is 2.99. The number of rotatable bonds is 5. The van der Waals surface area contributed by atoms with Gasteiger partial charge in [0.25, 0.3) is 11.6 Å². The second-order valence-electron chi connectivity index (χ2n) is 4.71. The van der Waals surface area contributed by atoms with Crippen LogP contribution in [0.5, 0.6) is 0 Å². The largest absolute Gasteiger partial charge is 0.449 e. The first-order valence-electron chi connectivity index (χ1n) is 6.78. The van der Waals surface area contributed by atoms with E-state index >= 15 is 0 Å². The molecule has 0 fully saturated rings. The summed E-state index contributed by atoms with van der Waals surface area (Å²) in [5, 5.41) is 13.3. The highest BCUT2D eigenvalue weighted by atomic mass is 16.6. The number of ether oxygens (including phenoxy) is 1. The molecule has 7 heteroatoms. The zero-order chi connectivity index (χ0) is 16.8. The Balaban J connectivity index is 2.00. The molecule has 1 N–H and O–H groups in total. The first kappa shape index (κ1) is 16.2. The van der Waals surface area contributed by atoms with E-state index in [-0.39, 0.29) is 11.3 Å². The molecule has 1 unspecified atom stereocenters. The molecule has 0 spiro atoms. The summed E-state index contributed by atoms with van der Waals surface area (Å²) in [4.78, 5) is 34.0. The molecule has 0 aliphatic rings. The maximum Gasteiger partial charge on any atom is 0.339 e. The van der Waals surface area contributed by atoms with Gasteiger partial charge in [-0.25, -0.2) is 4.79 Å². The van der Waals surface area contributed by atoms with Crippen molar-refractivity contribution in [1.29, 1.82) is 0 Å². The normalized spacial score (nSPS) is 11.3. The summed E-state index contributed by atoms with van der Waals surface area (Å²) in [6.07, 6.45) is -1.04. The lowest BCUT2D eigenvalue weighted by Crippen LogP contribution is -2.30. The zero-order valence-corrected chi connectivity index (χ0v) is 12.3. The summed E-state index contributed by atoms with van der Waals surface area (Å²) in [6, 6.07) is 13.9. The van der Waals surface area contributed by atoms with Crippen molar-refractivity contribution < 1.29 is 19.2 Å². The van der Waals surface area contributed by atoms with Gasteiger partial charge in [-0.2, -0.15) is 0 Å². The molecule has 118 valence electrons. The number of para-hydroxylation sites is 1. The van der Waals surface area contributed by atoms with Gasteiger partial charge >= 0.3 is 5.97 Å². The van der Waals surface area contributed by atoms with E-state index in [0.717, 1.165) is 6.07 Å². The molecule has 1 amide bonds. The molecule has 0 aliphatic carbocycles. The summed E-state index contributed by atoms with van der Waals surface area (Å²) < 4.78 is 5.03. The van der Waals surface area contributed by atoms with E-state index < -0.39 is 22.9 Å². The number of nitro groups is 1. The third-order valence-corrected chi connectivity index (χ3v) is 2.99. The van der Waals surface area contributed by atoms with E-state index in [4.69, 9.17) is 4.74 Å². The van der Waals surface area contributed by atoms with Crippen molar-refractivity contribution in [3.8, 4) is 0 Å². The molecule has 2 rings (SSSR count). The smallest absolute Gasteiger partial charge is 0.339 e. The average molecular weight is 314 g/mol. The fourth-order valence-corrected chi connectivity index (χ4v) is 1.79. The van der Waals surface area contributed by atoms with Crippen LogP contribution in [0.4, 0.5) is 11.4 Å². The van der Waals surface area contributed by atoms with Crippen LogP contribution in [0.2, 0.25) is 0 Å². The number of hydrogen-bond acceptors (Lipinski definition) is 5. The van der Waals surface area contributed by atoms with Crippen molar-refractivity contribution in [1.82, 2.24) is 0 Å². The van der Waals surface area contributed by atoms with E-state index in [1.54, 1.807) is 30.3 Å². The molecule has 1 atom stereocenters. The highest BCUT2D eigenvalue weighted by Crippen LogP contribution is 2.15. The number of hydrogen-bond donors (Lipinski definition) is 1. The van der Waals surface area contributed by atoms with Gasteiger partial charge in [0, 0.05) is 17.8 Å². The lowest BCUT2D eigenvalue weighted by atomic mass is 10.2. The van der Waals surface area contributed by atoms with Gasteiger partial charge in [0.1, 0.15) is 0 Å². The van der Waals surface area contributed by atoms with Crippen LogP contribution >= 0.6 is 0 Å². The van der Waals surface area contributed by atoms with E-state index in [1.165, 1.54) is 25.1 Å². The Bertz CT molecular complexity index is 730. The molecule has 0 bridgehead atoms. The summed E-state index contributed by atoms with van der Waals surface area (Å²) >= 11 is 0. The minimum atomic E-state index is -1.04. The molecule has 0 radical (unpaired) electrons. The summed E-state index contributed by atoms with van der Waals surface area (Å²) in [5.74, 6) is -1.29. The maximum atomic E-state index is 12.0. The van der Waals surface area contributed by atoms with Gasteiger partial charge in [0.15, 0.2) is 6.10 Å². The Morgan fingerprint density at radius 1 is 1.13 bits per heavy atom. The number of amides is 1.